The molecule has 3 rings (SSSR count). The summed E-state index contributed by atoms with van der Waals surface area (Å²) in [5.74, 6) is 2.07. The summed E-state index contributed by atoms with van der Waals surface area (Å²) in [6.07, 6.45) is 0. The molecular formula is C17H21Cl2N5O2S2. The zero-order valence-electron chi connectivity index (χ0n) is 15.4. The van der Waals surface area contributed by atoms with Crippen molar-refractivity contribution in [2.45, 2.75) is 18.3 Å². The number of nitrogens with zero attached hydrogens (tertiary/aromatic N) is 4. The Morgan fingerprint density at radius 3 is 2.89 bits per heavy atom. The maximum Gasteiger partial charge on any atom is 0.209 e. The first-order chi connectivity index (χ1) is 13.2. The zero-order chi connectivity index (χ0) is 19.1. The van der Waals surface area contributed by atoms with E-state index in [-0.39, 0.29) is 12.4 Å². The molecule has 0 aliphatic heterocycles. The molecule has 2 heterocycles. The molecule has 0 bridgehead atoms. The molecule has 0 spiro atoms. The van der Waals surface area contributed by atoms with Gasteiger partial charge in [-0.1, -0.05) is 29.4 Å². The zero-order valence-corrected chi connectivity index (χ0v) is 18.6. The molecule has 0 fully saturated rings. The first-order valence-corrected chi connectivity index (χ1v) is 10.5. The van der Waals surface area contributed by atoms with Gasteiger partial charge in [-0.25, -0.2) is 4.68 Å². The van der Waals surface area contributed by atoms with Crippen LogP contribution in [0.2, 0.25) is 5.02 Å². The van der Waals surface area contributed by atoms with Crippen LogP contribution < -0.4 is 14.8 Å². The summed E-state index contributed by atoms with van der Waals surface area (Å²) < 4.78 is 13.0. The van der Waals surface area contributed by atoms with Gasteiger partial charge in [-0.3, -0.25) is 0 Å². The summed E-state index contributed by atoms with van der Waals surface area (Å²) in [5, 5.41) is 18.1. The van der Waals surface area contributed by atoms with Gasteiger partial charge in [-0.05, 0) is 39.6 Å². The van der Waals surface area contributed by atoms with E-state index in [9.17, 15) is 0 Å². The quantitative estimate of drug-likeness (QED) is 0.363. The van der Waals surface area contributed by atoms with E-state index in [0.717, 1.165) is 27.9 Å². The van der Waals surface area contributed by atoms with Crippen molar-refractivity contribution in [1.29, 1.82) is 0 Å². The summed E-state index contributed by atoms with van der Waals surface area (Å²) in [7, 11) is 3.44. The molecule has 0 amide bonds. The molecule has 2 aromatic heterocycles. The number of nitrogens with one attached hydrogen (secondary N) is 1. The fourth-order valence-corrected chi connectivity index (χ4v) is 3.99. The number of tetrazole rings is 1. The lowest BCUT2D eigenvalue weighted by Crippen LogP contribution is -2.17. The molecule has 28 heavy (non-hydrogen) atoms. The second-order valence-corrected chi connectivity index (χ2v) is 8.09. The largest absolute Gasteiger partial charge is 0.493 e. The summed E-state index contributed by atoms with van der Waals surface area (Å²) in [6, 6.07) is 7.87. The highest BCUT2D eigenvalue weighted by atomic mass is 35.5. The first kappa shape index (κ1) is 22.8. The highest BCUT2D eigenvalue weighted by Gasteiger charge is 2.12. The number of aromatic nitrogens is 4. The first-order valence-electron chi connectivity index (χ1n) is 8.25. The van der Waals surface area contributed by atoms with Gasteiger partial charge in [0.25, 0.3) is 0 Å². The number of thiophene rings is 1. The summed E-state index contributed by atoms with van der Waals surface area (Å²) in [5.41, 5.74) is 1.03. The van der Waals surface area contributed by atoms with E-state index in [0.29, 0.717) is 29.7 Å². The smallest absolute Gasteiger partial charge is 0.209 e. The molecule has 7 nitrogen and oxygen atoms in total. The minimum Gasteiger partial charge on any atom is -0.493 e. The van der Waals surface area contributed by atoms with Crippen LogP contribution in [-0.2, 0) is 20.2 Å². The molecule has 0 unspecified atom stereocenters. The van der Waals surface area contributed by atoms with Crippen LogP contribution in [0.3, 0.4) is 0 Å². The van der Waals surface area contributed by atoms with Gasteiger partial charge in [0, 0.05) is 30.8 Å². The van der Waals surface area contributed by atoms with Gasteiger partial charge in [0.2, 0.25) is 5.16 Å². The Labute approximate surface area is 183 Å². The van der Waals surface area contributed by atoms with Gasteiger partial charge in [0.15, 0.2) is 11.5 Å². The van der Waals surface area contributed by atoms with Crippen molar-refractivity contribution in [2.75, 3.05) is 19.4 Å². The molecule has 1 N–H and O–H groups in total. The Balaban J connectivity index is 0.00000280. The predicted octanol–water partition coefficient (Wildman–Crippen LogP) is 3.82. The average Bonchev–Trinajstić information content (AvgIpc) is 3.32. The minimum atomic E-state index is 0. The number of aryl methyl sites for hydroxylation is 1. The third kappa shape index (κ3) is 6.25. The van der Waals surface area contributed by atoms with Crippen molar-refractivity contribution < 1.29 is 9.47 Å². The van der Waals surface area contributed by atoms with Crippen LogP contribution in [0.4, 0.5) is 0 Å². The highest BCUT2D eigenvalue weighted by Crippen LogP contribution is 2.37. The maximum atomic E-state index is 6.42. The van der Waals surface area contributed by atoms with Crippen LogP contribution in [0.5, 0.6) is 11.5 Å². The lowest BCUT2D eigenvalue weighted by Gasteiger charge is -2.14. The van der Waals surface area contributed by atoms with Gasteiger partial charge in [0.1, 0.15) is 6.61 Å². The second kappa shape index (κ2) is 11.5. The molecule has 1 aromatic carbocycles. The van der Waals surface area contributed by atoms with Crippen LogP contribution in [0, 0.1) is 0 Å². The number of benzene rings is 1. The SMILES string of the molecule is COc1cc(CNCCSc2nnnn2C)cc(Cl)c1OCc1cccs1.Cl. The van der Waals surface area contributed by atoms with E-state index in [2.05, 4.69) is 20.8 Å². The molecule has 0 radical (unpaired) electrons. The fourth-order valence-electron chi connectivity index (χ4n) is 2.34. The van der Waals surface area contributed by atoms with Crippen LogP contribution in [0.25, 0.3) is 0 Å². The van der Waals surface area contributed by atoms with E-state index >= 15 is 0 Å². The van der Waals surface area contributed by atoms with E-state index in [4.69, 9.17) is 21.1 Å². The Morgan fingerprint density at radius 1 is 1.36 bits per heavy atom. The third-order valence-corrected chi connectivity index (χ3v) is 5.79. The topological polar surface area (TPSA) is 74.1 Å². The number of methoxy groups -OCH3 is 1. The Bertz CT molecular complexity index is 861. The standard InChI is InChI=1S/C17H20ClN5O2S2.ClH/c1-23-17(20-21-22-23)27-7-5-19-10-12-8-14(18)16(15(9-12)24-2)25-11-13-4-3-6-26-13;/h3-4,6,8-9,19H,5,7,10-11H2,1-2H3;1H. The van der Waals surface area contributed by atoms with Crippen LogP contribution in [0.1, 0.15) is 10.4 Å². The fraction of sp³-hybridized carbons (Fsp3) is 0.353. The van der Waals surface area contributed by atoms with Crippen molar-refractivity contribution >= 4 is 47.1 Å². The Morgan fingerprint density at radius 2 is 2.21 bits per heavy atom. The van der Waals surface area contributed by atoms with Crippen molar-refractivity contribution in [3.63, 3.8) is 0 Å². The van der Waals surface area contributed by atoms with Crippen LogP contribution in [-0.4, -0.2) is 39.6 Å². The predicted molar refractivity (Wildman–Crippen MR) is 115 cm³/mol. The normalized spacial score (nSPS) is 10.5. The monoisotopic (exact) mass is 461 g/mol. The maximum absolute atomic E-state index is 6.42. The second-order valence-electron chi connectivity index (χ2n) is 5.59. The van der Waals surface area contributed by atoms with Crippen LogP contribution >= 0.6 is 47.1 Å². The van der Waals surface area contributed by atoms with E-state index in [1.807, 2.05) is 36.7 Å². The van der Waals surface area contributed by atoms with Gasteiger partial charge >= 0.3 is 0 Å². The molecule has 3 aromatic rings. The minimum absolute atomic E-state index is 0. The molecule has 0 saturated carbocycles. The lowest BCUT2D eigenvalue weighted by atomic mass is 10.2. The molecule has 0 saturated heterocycles. The molecule has 0 atom stereocenters. The van der Waals surface area contributed by atoms with E-state index < -0.39 is 0 Å². The Kier molecular flexibility index (Phi) is 9.33. The number of ether oxygens (including phenoxy) is 2. The number of halogens is 2. The molecule has 0 aliphatic rings. The van der Waals surface area contributed by atoms with Gasteiger partial charge in [-0.2, -0.15) is 0 Å². The van der Waals surface area contributed by atoms with Crippen molar-refractivity contribution in [2.24, 2.45) is 7.05 Å². The molecule has 0 aliphatic carbocycles. The van der Waals surface area contributed by atoms with Crippen LogP contribution in [0.15, 0.2) is 34.8 Å². The number of hydrogen-bond acceptors (Lipinski definition) is 8. The highest BCUT2D eigenvalue weighted by molar-refractivity contribution is 7.99. The lowest BCUT2D eigenvalue weighted by molar-refractivity contribution is 0.287. The van der Waals surface area contributed by atoms with E-state index in [1.165, 1.54) is 0 Å². The molecule has 11 heteroatoms. The summed E-state index contributed by atoms with van der Waals surface area (Å²) in [6.45, 7) is 1.96. The van der Waals surface area contributed by atoms with E-state index in [1.54, 1.807) is 34.9 Å². The number of rotatable bonds is 10. The van der Waals surface area contributed by atoms with Crippen molar-refractivity contribution in [3.05, 3.63) is 45.1 Å². The van der Waals surface area contributed by atoms with Gasteiger partial charge < -0.3 is 14.8 Å². The average molecular weight is 462 g/mol. The third-order valence-electron chi connectivity index (χ3n) is 3.65. The van der Waals surface area contributed by atoms with Gasteiger partial charge in [0.05, 0.1) is 12.1 Å². The molecule has 152 valence electrons. The Hall–Kier alpha value is -1.52. The molecular weight excluding hydrogens is 441 g/mol. The van der Waals surface area contributed by atoms with Gasteiger partial charge in [-0.15, -0.1) is 28.8 Å². The van der Waals surface area contributed by atoms with Crippen molar-refractivity contribution in [3.8, 4) is 11.5 Å². The van der Waals surface area contributed by atoms with Crippen molar-refractivity contribution in [1.82, 2.24) is 25.5 Å². The number of hydrogen-bond donors (Lipinski definition) is 1. The summed E-state index contributed by atoms with van der Waals surface area (Å²) in [4.78, 5) is 1.13. The number of thioether (sulfide) groups is 1. The summed E-state index contributed by atoms with van der Waals surface area (Å²) >= 11 is 9.67.